The first-order valence-electron chi connectivity index (χ1n) is 9.03. The summed E-state index contributed by atoms with van der Waals surface area (Å²) in [6.45, 7) is 4.06. The number of aliphatic hydroxyl groups is 1. The van der Waals surface area contributed by atoms with Gasteiger partial charge in [-0.3, -0.25) is 4.90 Å². The highest BCUT2D eigenvalue weighted by molar-refractivity contribution is 5.27. The van der Waals surface area contributed by atoms with E-state index in [2.05, 4.69) is 29.2 Å². The van der Waals surface area contributed by atoms with Crippen molar-refractivity contribution in [3.05, 3.63) is 29.8 Å². The third-order valence-electron chi connectivity index (χ3n) is 5.04. The minimum absolute atomic E-state index is 0.290. The molecule has 2 fully saturated rings. The maximum absolute atomic E-state index is 9.48. The molecule has 23 heavy (non-hydrogen) atoms. The Morgan fingerprint density at radius 2 is 1.87 bits per heavy atom. The number of benzene rings is 1. The van der Waals surface area contributed by atoms with Gasteiger partial charge in [-0.15, -0.1) is 0 Å². The van der Waals surface area contributed by atoms with Crippen LogP contribution in [0.1, 0.15) is 37.7 Å². The normalized spacial score (nSPS) is 23.8. The molecule has 0 unspecified atom stereocenters. The van der Waals surface area contributed by atoms with Crippen molar-refractivity contribution in [1.82, 2.24) is 4.90 Å². The molecule has 0 saturated carbocycles. The molecule has 128 valence electrons. The maximum Gasteiger partial charge on any atom is 0.119 e. The number of aliphatic hydroxyl groups excluding tert-OH is 1. The van der Waals surface area contributed by atoms with Crippen LogP contribution in [0.4, 0.5) is 0 Å². The van der Waals surface area contributed by atoms with Crippen LogP contribution < -0.4 is 4.74 Å². The SMILES string of the molecule is OC[C@@H]1CCCCN1CCc1ccc(OC2CCOCC2)cc1. The quantitative estimate of drug-likeness (QED) is 0.875. The molecule has 2 heterocycles. The molecule has 1 aromatic carbocycles. The van der Waals surface area contributed by atoms with Crippen LogP contribution in [0, 0.1) is 0 Å². The van der Waals surface area contributed by atoms with Gasteiger partial charge in [0, 0.05) is 25.4 Å². The van der Waals surface area contributed by atoms with Crippen LogP contribution in [0.3, 0.4) is 0 Å². The molecule has 2 saturated heterocycles. The smallest absolute Gasteiger partial charge is 0.119 e. The first-order valence-corrected chi connectivity index (χ1v) is 9.03. The Kier molecular flexibility index (Phi) is 6.31. The minimum atomic E-state index is 0.290. The summed E-state index contributed by atoms with van der Waals surface area (Å²) in [4.78, 5) is 2.44. The van der Waals surface area contributed by atoms with E-state index in [1.807, 2.05) is 0 Å². The second-order valence-electron chi connectivity index (χ2n) is 6.69. The largest absolute Gasteiger partial charge is 0.490 e. The predicted molar refractivity (Wildman–Crippen MR) is 90.9 cm³/mol. The Morgan fingerprint density at radius 3 is 2.61 bits per heavy atom. The molecule has 1 atom stereocenters. The number of hydrogen-bond acceptors (Lipinski definition) is 4. The molecule has 2 aliphatic heterocycles. The lowest BCUT2D eigenvalue weighted by Crippen LogP contribution is -2.42. The van der Waals surface area contributed by atoms with Crippen molar-refractivity contribution in [3.63, 3.8) is 0 Å². The number of likely N-dealkylation sites (tertiary alicyclic amines) is 1. The summed E-state index contributed by atoms with van der Waals surface area (Å²) < 4.78 is 11.4. The van der Waals surface area contributed by atoms with Crippen LogP contribution in [0.5, 0.6) is 5.75 Å². The Balaban J connectivity index is 1.47. The first-order chi connectivity index (χ1) is 11.3. The summed E-state index contributed by atoms with van der Waals surface area (Å²) in [6, 6.07) is 8.88. The zero-order valence-corrected chi connectivity index (χ0v) is 14.0. The van der Waals surface area contributed by atoms with Crippen molar-refractivity contribution in [3.8, 4) is 5.75 Å². The molecule has 4 heteroatoms. The molecule has 2 aliphatic rings. The summed E-state index contributed by atoms with van der Waals surface area (Å²) >= 11 is 0. The monoisotopic (exact) mass is 319 g/mol. The molecule has 1 N–H and O–H groups in total. The van der Waals surface area contributed by atoms with Gasteiger partial charge in [-0.1, -0.05) is 18.6 Å². The molecular weight excluding hydrogens is 290 g/mol. The van der Waals surface area contributed by atoms with Crippen LogP contribution in [0.25, 0.3) is 0 Å². The van der Waals surface area contributed by atoms with E-state index in [-0.39, 0.29) is 6.61 Å². The van der Waals surface area contributed by atoms with Crippen molar-refractivity contribution in [2.45, 2.75) is 50.7 Å². The number of piperidine rings is 1. The molecule has 0 amide bonds. The zero-order valence-electron chi connectivity index (χ0n) is 14.0. The van der Waals surface area contributed by atoms with Gasteiger partial charge in [0.05, 0.1) is 19.8 Å². The van der Waals surface area contributed by atoms with Gasteiger partial charge in [0.15, 0.2) is 0 Å². The fraction of sp³-hybridized carbons (Fsp3) is 0.684. The van der Waals surface area contributed by atoms with E-state index in [1.54, 1.807) is 0 Å². The van der Waals surface area contributed by atoms with Gasteiger partial charge in [0.1, 0.15) is 11.9 Å². The predicted octanol–water partition coefficient (Wildman–Crippen LogP) is 2.63. The lowest BCUT2D eigenvalue weighted by Gasteiger charge is -2.34. The average Bonchev–Trinajstić information content (AvgIpc) is 2.62. The molecule has 4 nitrogen and oxygen atoms in total. The molecule has 0 bridgehead atoms. The fourth-order valence-electron chi connectivity index (χ4n) is 3.55. The number of rotatable bonds is 6. The van der Waals surface area contributed by atoms with Crippen LogP contribution in [0.15, 0.2) is 24.3 Å². The van der Waals surface area contributed by atoms with E-state index in [1.165, 1.54) is 18.4 Å². The third kappa shape index (κ3) is 4.93. The molecule has 0 aliphatic carbocycles. The molecule has 0 aromatic heterocycles. The van der Waals surface area contributed by atoms with Gasteiger partial charge in [0.2, 0.25) is 0 Å². The summed E-state index contributed by atoms with van der Waals surface area (Å²) in [7, 11) is 0. The van der Waals surface area contributed by atoms with Crippen molar-refractivity contribution in [1.29, 1.82) is 0 Å². The molecule has 3 rings (SSSR count). The van der Waals surface area contributed by atoms with Crippen LogP contribution in [-0.4, -0.2) is 55.1 Å². The van der Waals surface area contributed by atoms with Crippen molar-refractivity contribution < 1.29 is 14.6 Å². The molecule has 0 spiro atoms. The zero-order chi connectivity index (χ0) is 15.9. The summed E-state index contributed by atoms with van der Waals surface area (Å²) in [6.07, 6.45) is 6.95. The number of nitrogens with zero attached hydrogens (tertiary/aromatic N) is 1. The van der Waals surface area contributed by atoms with Crippen LogP contribution in [0.2, 0.25) is 0 Å². The van der Waals surface area contributed by atoms with Gasteiger partial charge in [0.25, 0.3) is 0 Å². The standard InChI is InChI=1S/C19H29NO3/c21-15-17-3-1-2-11-20(17)12-8-16-4-6-18(7-5-16)23-19-9-13-22-14-10-19/h4-7,17,19,21H,1-3,8-15H2/t17-/m0/s1. The van der Waals surface area contributed by atoms with Gasteiger partial charge in [-0.25, -0.2) is 0 Å². The fourth-order valence-corrected chi connectivity index (χ4v) is 3.55. The lowest BCUT2D eigenvalue weighted by atomic mass is 10.0. The summed E-state index contributed by atoms with van der Waals surface area (Å²) in [5.74, 6) is 0.965. The van der Waals surface area contributed by atoms with E-state index in [0.29, 0.717) is 12.1 Å². The summed E-state index contributed by atoms with van der Waals surface area (Å²) in [5, 5.41) is 9.48. The highest BCUT2D eigenvalue weighted by Gasteiger charge is 2.21. The molecule has 1 aromatic rings. The van der Waals surface area contributed by atoms with E-state index in [0.717, 1.165) is 57.7 Å². The average molecular weight is 319 g/mol. The first kappa shape index (κ1) is 16.7. The van der Waals surface area contributed by atoms with E-state index < -0.39 is 0 Å². The third-order valence-corrected chi connectivity index (χ3v) is 5.04. The highest BCUT2D eigenvalue weighted by atomic mass is 16.5. The Bertz CT molecular complexity index is 456. The van der Waals surface area contributed by atoms with Gasteiger partial charge in [-0.2, -0.15) is 0 Å². The molecular formula is C19H29NO3. The Labute approximate surface area is 139 Å². The number of hydrogen-bond donors (Lipinski definition) is 1. The van der Waals surface area contributed by atoms with Gasteiger partial charge in [-0.05, 0) is 43.5 Å². The Hall–Kier alpha value is -1.10. The van der Waals surface area contributed by atoms with E-state index in [9.17, 15) is 5.11 Å². The van der Waals surface area contributed by atoms with E-state index >= 15 is 0 Å². The van der Waals surface area contributed by atoms with Gasteiger partial charge < -0.3 is 14.6 Å². The minimum Gasteiger partial charge on any atom is -0.490 e. The van der Waals surface area contributed by atoms with Crippen LogP contribution in [-0.2, 0) is 11.2 Å². The van der Waals surface area contributed by atoms with Crippen LogP contribution >= 0.6 is 0 Å². The van der Waals surface area contributed by atoms with Crippen molar-refractivity contribution in [2.24, 2.45) is 0 Å². The highest BCUT2D eigenvalue weighted by Crippen LogP contribution is 2.20. The number of ether oxygens (including phenoxy) is 2. The maximum atomic E-state index is 9.48. The van der Waals surface area contributed by atoms with Gasteiger partial charge >= 0.3 is 0 Å². The second-order valence-corrected chi connectivity index (χ2v) is 6.69. The van der Waals surface area contributed by atoms with E-state index in [4.69, 9.17) is 9.47 Å². The Morgan fingerprint density at radius 1 is 1.09 bits per heavy atom. The van der Waals surface area contributed by atoms with Crippen molar-refractivity contribution >= 4 is 0 Å². The summed E-state index contributed by atoms with van der Waals surface area (Å²) in [5.41, 5.74) is 1.34. The topological polar surface area (TPSA) is 41.9 Å². The lowest BCUT2D eigenvalue weighted by molar-refractivity contribution is 0.0255. The second kappa shape index (κ2) is 8.67. The van der Waals surface area contributed by atoms with Crippen molar-refractivity contribution in [2.75, 3.05) is 32.9 Å². The molecule has 0 radical (unpaired) electrons.